The predicted molar refractivity (Wildman–Crippen MR) is 123 cm³/mol. The minimum absolute atomic E-state index is 0.0350. The smallest absolute Gasteiger partial charge is 0.255 e. The molecule has 1 unspecified atom stereocenters. The third kappa shape index (κ3) is 4.45. The molecule has 2 aromatic carbocycles. The lowest BCUT2D eigenvalue weighted by Crippen LogP contribution is -2.32. The van der Waals surface area contributed by atoms with Gasteiger partial charge < -0.3 is 24.4 Å². The van der Waals surface area contributed by atoms with Gasteiger partial charge in [0.1, 0.15) is 0 Å². The van der Waals surface area contributed by atoms with Crippen molar-refractivity contribution < 1.29 is 23.8 Å². The molecule has 0 fully saturated rings. The van der Waals surface area contributed by atoms with Gasteiger partial charge in [0.25, 0.3) is 5.91 Å². The average molecular weight is 447 g/mol. The molecule has 170 valence electrons. The Kier molecular flexibility index (Phi) is 6.44. The zero-order chi connectivity index (χ0) is 23.4. The summed E-state index contributed by atoms with van der Waals surface area (Å²) in [5.41, 5.74) is 2.85. The molecule has 0 saturated heterocycles. The van der Waals surface area contributed by atoms with Gasteiger partial charge in [-0.25, -0.2) is 0 Å². The van der Waals surface area contributed by atoms with Crippen molar-refractivity contribution in [2.24, 2.45) is 0 Å². The van der Waals surface area contributed by atoms with E-state index in [4.69, 9.17) is 14.2 Å². The van der Waals surface area contributed by atoms with E-state index in [-0.39, 0.29) is 18.2 Å². The number of fused-ring (bicyclic) bond motifs is 1. The van der Waals surface area contributed by atoms with E-state index in [1.165, 1.54) is 21.3 Å². The van der Waals surface area contributed by atoms with Crippen LogP contribution < -0.4 is 19.5 Å². The number of anilines is 1. The molecule has 1 aliphatic heterocycles. The third-order valence-corrected chi connectivity index (χ3v) is 5.62. The first-order chi connectivity index (χ1) is 16.0. The molecular weight excluding hydrogens is 422 g/mol. The van der Waals surface area contributed by atoms with Crippen LogP contribution >= 0.6 is 0 Å². The second-order valence-electron chi connectivity index (χ2n) is 7.56. The summed E-state index contributed by atoms with van der Waals surface area (Å²) in [6, 6.07) is 14.0. The van der Waals surface area contributed by atoms with Crippen LogP contribution in [-0.2, 0) is 11.3 Å². The molecule has 0 aliphatic carbocycles. The van der Waals surface area contributed by atoms with Crippen LogP contribution in [0.3, 0.4) is 0 Å². The van der Waals surface area contributed by atoms with Gasteiger partial charge >= 0.3 is 0 Å². The molecule has 0 spiro atoms. The molecule has 4 rings (SSSR count). The molecular formula is C25H25N3O5. The van der Waals surface area contributed by atoms with Crippen LogP contribution in [0.25, 0.3) is 0 Å². The first-order valence-electron chi connectivity index (χ1n) is 10.4. The molecule has 0 radical (unpaired) electrons. The van der Waals surface area contributed by atoms with E-state index in [1.807, 2.05) is 18.2 Å². The van der Waals surface area contributed by atoms with Gasteiger partial charge in [-0.15, -0.1) is 0 Å². The Labute approximate surface area is 192 Å². The average Bonchev–Trinajstić information content (AvgIpc) is 3.18. The lowest BCUT2D eigenvalue weighted by Gasteiger charge is -2.29. The van der Waals surface area contributed by atoms with E-state index in [9.17, 15) is 9.59 Å². The molecule has 3 aromatic rings. The number of nitrogens with one attached hydrogen (secondary N) is 1. The molecule has 2 heterocycles. The van der Waals surface area contributed by atoms with Crippen molar-refractivity contribution in [3.05, 3.63) is 77.6 Å². The van der Waals surface area contributed by atoms with Crippen LogP contribution in [0.4, 0.5) is 5.69 Å². The largest absolute Gasteiger partial charge is 0.493 e. The number of rotatable bonds is 8. The maximum atomic E-state index is 13.3. The lowest BCUT2D eigenvalue weighted by molar-refractivity contribution is -0.117. The summed E-state index contributed by atoms with van der Waals surface area (Å²) in [6.45, 7) is 0.399. The number of benzene rings is 2. The summed E-state index contributed by atoms with van der Waals surface area (Å²) in [4.78, 5) is 32.0. The zero-order valence-electron chi connectivity index (χ0n) is 18.7. The Bertz CT molecular complexity index is 1140. The molecule has 1 aliphatic rings. The van der Waals surface area contributed by atoms with Crippen LogP contribution in [0.15, 0.2) is 60.9 Å². The van der Waals surface area contributed by atoms with Crippen molar-refractivity contribution >= 4 is 17.5 Å². The quantitative estimate of drug-likeness (QED) is 0.564. The van der Waals surface area contributed by atoms with Gasteiger partial charge in [-0.1, -0.05) is 18.2 Å². The molecule has 1 aromatic heterocycles. The molecule has 8 nitrogen and oxygen atoms in total. The fourth-order valence-corrected chi connectivity index (χ4v) is 4.05. The minimum Gasteiger partial charge on any atom is -0.493 e. The third-order valence-electron chi connectivity index (χ3n) is 5.62. The molecule has 1 atom stereocenters. The Morgan fingerprint density at radius 1 is 1.06 bits per heavy atom. The van der Waals surface area contributed by atoms with Crippen molar-refractivity contribution in [3.8, 4) is 17.2 Å². The van der Waals surface area contributed by atoms with Crippen molar-refractivity contribution in [1.29, 1.82) is 0 Å². The van der Waals surface area contributed by atoms with Crippen molar-refractivity contribution in [2.75, 3.05) is 26.6 Å². The Balaban J connectivity index is 1.72. The molecule has 1 N–H and O–H groups in total. The molecule has 0 bridgehead atoms. The monoisotopic (exact) mass is 447 g/mol. The zero-order valence-corrected chi connectivity index (χ0v) is 18.7. The van der Waals surface area contributed by atoms with E-state index >= 15 is 0 Å². The summed E-state index contributed by atoms with van der Waals surface area (Å²) in [6.07, 6.45) is 3.24. The van der Waals surface area contributed by atoms with Gasteiger partial charge in [-0.2, -0.15) is 0 Å². The Hall–Kier alpha value is -4.07. The highest BCUT2D eigenvalue weighted by Crippen LogP contribution is 2.43. The number of hydrogen-bond donors (Lipinski definition) is 1. The van der Waals surface area contributed by atoms with E-state index in [1.54, 1.807) is 47.6 Å². The number of methoxy groups -OCH3 is 3. The predicted octanol–water partition coefficient (Wildman–Crippen LogP) is 3.83. The topological polar surface area (TPSA) is 90.0 Å². The standard InChI is InChI=1S/C25H25N3O5/c1-31-21-11-17(12-22(32-2)24(21)33-3)20(13-23(29)27-18-8-6-10-26-14-18)28-15-16-7-4-5-9-19(16)25(28)30/h4-12,14,20H,13,15H2,1-3H3,(H,27,29). The summed E-state index contributed by atoms with van der Waals surface area (Å²) in [7, 11) is 4.59. The number of amides is 2. The van der Waals surface area contributed by atoms with Gasteiger partial charge in [-0.3, -0.25) is 14.6 Å². The summed E-state index contributed by atoms with van der Waals surface area (Å²) < 4.78 is 16.4. The maximum Gasteiger partial charge on any atom is 0.255 e. The number of ether oxygens (including phenoxy) is 3. The highest BCUT2D eigenvalue weighted by atomic mass is 16.5. The minimum atomic E-state index is -0.560. The van der Waals surface area contributed by atoms with E-state index in [2.05, 4.69) is 10.3 Å². The van der Waals surface area contributed by atoms with Crippen LogP contribution in [0.2, 0.25) is 0 Å². The van der Waals surface area contributed by atoms with Crippen molar-refractivity contribution in [1.82, 2.24) is 9.88 Å². The fraction of sp³-hybridized carbons (Fsp3) is 0.240. The SMILES string of the molecule is COc1cc(C(CC(=O)Nc2cccnc2)N2Cc3ccccc3C2=O)cc(OC)c1OC. The summed E-state index contributed by atoms with van der Waals surface area (Å²) >= 11 is 0. The highest BCUT2D eigenvalue weighted by molar-refractivity contribution is 5.99. The van der Waals surface area contributed by atoms with E-state index < -0.39 is 6.04 Å². The van der Waals surface area contributed by atoms with Crippen molar-refractivity contribution in [3.63, 3.8) is 0 Å². The van der Waals surface area contributed by atoms with Gasteiger partial charge in [0.2, 0.25) is 11.7 Å². The second-order valence-corrected chi connectivity index (χ2v) is 7.56. The highest BCUT2D eigenvalue weighted by Gasteiger charge is 2.35. The second kappa shape index (κ2) is 9.60. The number of pyridine rings is 1. The summed E-state index contributed by atoms with van der Waals surface area (Å²) in [5.74, 6) is 0.977. The molecule has 8 heteroatoms. The van der Waals surface area contributed by atoms with E-state index in [0.717, 1.165) is 5.56 Å². The number of carbonyl (C=O) groups excluding carboxylic acids is 2. The molecule has 0 saturated carbocycles. The number of nitrogens with zero attached hydrogens (tertiary/aromatic N) is 2. The van der Waals surface area contributed by atoms with Crippen LogP contribution in [0, 0.1) is 0 Å². The molecule has 2 amide bonds. The Morgan fingerprint density at radius 3 is 2.39 bits per heavy atom. The fourth-order valence-electron chi connectivity index (χ4n) is 4.05. The first kappa shape index (κ1) is 22.1. The number of hydrogen-bond acceptors (Lipinski definition) is 6. The van der Waals surface area contributed by atoms with Gasteiger partial charge in [0.15, 0.2) is 11.5 Å². The van der Waals surface area contributed by atoms with Gasteiger partial charge in [-0.05, 0) is 41.5 Å². The van der Waals surface area contributed by atoms with Crippen LogP contribution in [0.1, 0.15) is 33.9 Å². The van der Waals surface area contributed by atoms with Crippen LogP contribution in [0.5, 0.6) is 17.2 Å². The molecule has 33 heavy (non-hydrogen) atoms. The van der Waals surface area contributed by atoms with Crippen LogP contribution in [-0.4, -0.2) is 43.0 Å². The number of aromatic nitrogens is 1. The summed E-state index contributed by atoms with van der Waals surface area (Å²) in [5, 5.41) is 2.85. The Morgan fingerprint density at radius 2 is 1.79 bits per heavy atom. The first-order valence-corrected chi connectivity index (χ1v) is 10.4. The van der Waals surface area contributed by atoms with E-state index in [0.29, 0.717) is 40.6 Å². The lowest BCUT2D eigenvalue weighted by atomic mass is 10.00. The number of carbonyl (C=O) groups is 2. The maximum absolute atomic E-state index is 13.3. The van der Waals surface area contributed by atoms with Gasteiger partial charge in [0.05, 0.1) is 45.7 Å². The van der Waals surface area contributed by atoms with Crippen molar-refractivity contribution in [2.45, 2.75) is 19.0 Å². The van der Waals surface area contributed by atoms with Gasteiger partial charge in [0, 0.05) is 18.3 Å². The normalized spacial score (nSPS) is 13.3.